The van der Waals surface area contributed by atoms with Crippen LogP contribution < -0.4 is 24.6 Å². The van der Waals surface area contributed by atoms with Gasteiger partial charge in [-0.1, -0.05) is 42.5 Å². The van der Waals surface area contributed by atoms with Gasteiger partial charge in [0, 0.05) is 46.4 Å². The molecule has 0 spiro atoms. The number of nitrogens with zero attached hydrogens (tertiary/aromatic N) is 3. The summed E-state index contributed by atoms with van der Waals surface area (Å²) in [4.78, 5) is 11.5. The van der Waals surface area contributed by atoms with Crippen LogP contribution in [0, 0.1) is 10.1 Å². The van der Waals surface area contributed by atoms with E-state index >= 15 is 0 Å². The van der Waals surface area contributed by atoms with E-state index in [0.29, 0.717) is 0 Å². The van der Waals surface area contributed by atoms with Gasteiger partial charge in [0.05, 0.1) is 41.2 Å². The Labute approximate surface area is 300 Å². The maximum atomic E-state index is 11.9. The highest BCUT2D eigenvalue weighted by atomic mass is 16.6. The van der Waals surface area contributed by atoms with Crippen LogP contribution in [0.25, 0.3) is 60.1 Å². The fraction of sp³-hybridized carbons (Fsp3) is 0.133. The van der Waals surface area contributed by atoms with Crippen LogP contribution in [0.2, 0.25) is 0 Å². The number of non-ortho nitro benzene ring substituents is 1. The van der Waals surface area contributed by atoms with E-state index in [1.54, 1.807) is 26.4 Å². The van der Waals surface area contributed by atoms with E-state index in [0.717, 1.165) is 101 Å². The number of hydrogen-bond acceptors (Lipinski definition) is 4. The summed E-state index contributed by atoms with van der Waals surface area (Å²) < 4.78 is 16.2. The van der Waals surface area contributed by atoms with E-state index in [1.807, 2.05) is 24.3 Å². The molecule has 52 heavy (non-hydrogen) atoms. The molecule has 7 aromatic carbocycles. The minimum absolute atomic E-state index is 0.0555. The van der Waals surface area contributed by atoms with Gasteiger partial charge >= 0.3 is 0 Å². The number of nitro groups is 1. The first-order valence-corrected chi connectivity index (χ1v) is 17.6. The van der Waals surface area contributed by atoms with Crippen molar-refractivity contribution in [1.82, 2.24) is 9.14 Å². The number of hydrogen-bond donors (Lipinski definition) is 0. The first-order chi connectivity index (χ1) is 25.4. The summed E-state index contributed by atoms with van der Waals surface area (Å²) in [5.41, 5.74) is 8.71. The van der Waals surface area contributed by atoms with Crippen LogP contribution in [-0.2, 0) is 6.54 Å². The molecule has 1 aliphatic rings. The van der Waals surface area contributed by atoms with Crippen molar-refractivity contribution < 1.29 is 14.4 Å². The van der Waals surface area contributed by atoms with Gasteiger partial charge in [0.15, 0.2) is 0 Å². The summed E-state index contributed by atoms with van der Waals surface area (Å²) in [6.45, 7) is 5.98. The first kappa shape index (κ1) is 31.5. The Hall–Kier alpha value is -6.47. The summed E-state index contributed by atoms with van der Waals surface area (Å²) in [5, 5.41) is 20.8. The van der Waals surface area contributed by atoms with Crippen molar-refractivity contribution in [3.05, 3.63) is 153 Å². The van der Waals surface area contributed by atoms with Crippen LogP contribution in [0.5, 0.6) is 11.5 Å². The molecule has 0 bridgehead atoms. The third kappa shape index (κ3) is 4.55. The van der Waals surface area contributed by atoms with Gasteiger partial charge in [0.1, 0.15) is 18.0 Å². The van der Waals surface area contributed by atoms with Crippen LogP contribution in [-0.4, -0.2) is 30.3 Å². The van der Waals surface area contributed by atoms with E-state index in [-0.39, 0.29) is 10.6 Å². The summed E-state index contributed by atoms with van der Waals surface area (Å²) in [7, 11) is 3.40. The van der Waals surface area contributed by atoms with E-state index in [9.17, 15) is 10.1 Å². The maximum absolute atomic E-state index is 11.9. The molecular formula is C45H36N3O4+. The van der Waals surface area contributed by atoms with Gasteiger partial charge in [-0.3, -0.25) is 10.1 Å². The summed E-state index contributed by atoms with van der Waals surface area (Å²) in [6, 6.07) is 41.4. The number of benzene rings is 7. The summed E-state index contributed by atoms with van der Waals surface area (Å²) in [5.74, 6) is 1.60. The highest BCUT2D eigenvalue weighted by molar-refractivity contribution is 6.21. The second-order valence-corrected chi connectivity index (χ2v) is 13.2. The van der Waals surface area contributed by atoms with Gasteiger partial charge < -0.3 is 14.0 Å². The van der Waals surface area contributed by atoms with Crippen molar-refractivity contribution in [2.24, 2.45) is 0 Å². The third-order valence-electron chi connectivity index (χ3n) is 10.7. The molecule has 0 radical (unpaired) electrons. The van der Waals surface area contributed by atoms with E-state index in [1.165, 1.54) is 10.9 Å². The van der Waals surface area contributed by atoms with Gasteiger partial charge in [-0.05, 0) is 107 Å². The standard InChI is InChI=1S/C45H36N3O4/c1-5-46-41-21-19-29(51-3)23-35(41)39-25-37(31-11-7-9-13-33(31)44(39)46)43(27-15-17-28(18-16-27)48(49)50)38-26-40-36-24-30(52-4)20-22-42(36)47(6-2)45(40)34-14-10-8-12-32(34)38/h7-26H,5-6H2,1-4H3/q+1. The fourth-order valence-corrected chi connectivity index (χ4v) is 8.42. The van der Waals surface area contributed by atoms with Crippen LogP contribution in [0.4, 0.5) is 11.4 Å². The Balaban J connectivity index is 1.52. The van der Waals surface area contributed by atoms with Crippen molar-refractivity contribution in [1.29, 1.82) is 0 Å². The van der Waals surface area contributed by atoms with Crippen molar-refractivity contribution >= 4 is 60.3 Å². The molecule has 0 N–H and O–H groups in total. The summed E-state index contributed by atoms with van der Waals surface area (Å²) in [6.07, 6.45) is 0. The molecule has 0 atom stereocenters. The van der Waals surface area contributed by atoms with Gasteiger partial charge in [0.2, 0.25) is 11.0 Å². The molecule has 7 heteroatoms. The topological polar surface area (TPSA) is 69.5 Å². The highest BCUT2D eigenvalue weighted by Crippen LogP contribution is 2.41. The van der Waals surface area contributed by atoms with E-state index in [4.69, 9.17) is 9.47 Å². The molecule has 9 rings (SSSR count). The second-order valence-electron chi connectivity index (χ2n) is 13.2. The molecule has 1 aromatic heterocycles. The Morgan fingerprint density at radius 3 is 2.06 bits per heavy atom. The lowest BCUT2D eigenvalue weighted by Gasteiger charge is -2.16. The average Bonchev–Trinajstić information content (AvgIpc) is 3.69. The van der Waals surface area contributed by atoms with Crippen molar-refractivity contribution in [3.8, 4) is 22.6 Å². The van der Waals surface area contributed by atoms with E-state index < -0.39 is 0 Å². The normalized spacial score (nSPS) is 12.8. The number of ether oxygens (including phenoxy) is 2. The lowest BCUT2D eigenvalue weighted by Crippen LogP contribution is -2.26. The van der Waals surface area contributed by atoms with Crippen molar-refractivity contribution in [2.75, 3.05) is 20.8 Å². The molecule has 7 nitrogen and oxygen atoms in total. The highest BCUT2D eigenvalue weighted by Gasteiger charge is 2.30. The lowest BCUT2D eigenvalue weighted by molar-refractivity contribution is -0.384. The number of aryl methyl sites for hydroxylation is 1. The fourth-order valence-electron chi connectivity index (χ4n) is 8.42. The van der Waals surface area contributed by atoms with Gasteiger partial charge in [-0.2, -0.15) is 4.58 Å². The number of rotatable bonds is 7. The molecule has 254 valence electrons. The maximum Gasteiger partial charge on any atom is 0.269 e. The Morgan fingerprint density at radius 1 is 0.692 bits per heavy atom. The van der Waals surface area contributed by atoms with Gasteiger partial charge in [-0.25, -0.2) is 0 Å². The van der Waals surface area contributed by atoms with Crippen LogP contribution in [0.3, 0.4) is 0 Å². The largest absolute Gasteiger partial charge is 0.497 e. The van der Waals surface area contributed by atoms with Crippen LogP contribution >= 0.6 is 0 Å². The SMILES string of the molecule is CCn1c2ccc(OC)cc2c2cc(C(c3ccc([N+](=O)[O-])cc3)=c3cc4c(c5ccccc35)=[N+](CC)c3ccc(OC)cc3-4)c3ccccc3c21. The third-order valence-corrected chi connectivity index (χ3v) is 10.7. The molecule has 0 aliphatic carbocycles. The van der Waals surface area contributed by atoms with Gasteiger partial charge in [0.25, 0.3) is 5.69 Å². The zero-order valence-electron chi connectivity index (χ0n) is 29.4. The van der Waals surface area contributed by atoms with E-state index in [2.05, 4.69) is 108 Å². The molecular weight excluding hydrogens is 647 g/mol. The minimum atomic E-state index is -0.341. The molecule has 1 aliphatic heterocycles. The lowest BCUT2D eigenvalue weighted by atomic mass is 9.87. The first-order valence-electron chi connectivity index (χ1n) is 17.6. The number of methoxy groups -OCH3 is 2. The average molecular weight is 683 g/mol. The zero-order chi connectivity index (χ0) is 35.7. The van der Waals surface area contributed by atoms with Crippen molar-refractivity contribution in [3.63, 3.8) is 0 Å². The Bertz CT molecular complexity index is 2920. The number of fused-ring (bicyclic) bond motifs is 10. The Kier molecular flexibility index (Phi) is 7.33. The van der Waals surface area contributed by atoms with Gasteiger partial charge in [-0.15, -0.1) is 0 Å². The predicted octanol–water partition coefficient (Wildman–Crippen LogP) is 9.12. The quantitative estimate of drug-likeness (QED) is 0.0956. The minimum Gasteiger partial charge on any atom is -0.497 e. The smallest absolute Gasteiger partial charge is 0.269 e. The van der Waals surface area contributed by atoms with Crippen molar-refractivity contribution in [2.45, 2.75) is 20.4 Å². The second kappa shape index (κ2) is 12.1. The molecule has 0 amide bonds. The van der Waals surface area contributed by atoms with Crippen LogP contribution in [0.1, 0.15) is 25.0 Å². The predicted molar refractivity (Wildman–Crippen MR) is 211 cm³/mol. The molecule has 0 saturated heterocycles. The summed E-state index contributed by atoms with van der Waals surface area (Å²) >= 11 is 0. The molecule has 0 fully saturated rings. The number of aromatic nitrogens is 1. The molecule has 0 saturated carbocycles. The molecule has 8 aromatic rings. The molecule has 2 heterocycles. The Morgan fingerprint density at radius 2 is 1.37 bits per heavy atom. The zero-order valence-corrected chi connectivity index (χ0v) is 29.4. The van der Waals surface area contributed by atoms with Crippen LogP contribution in [0.15, 0.2) is 121 Å². The monoisotopic (exact) mass is 682 g/mol. The number of nitro benzene ring substituents is 1. The molecule has 0 unspecified atom stereocenters.